The summed E-state index contributed by atoms with van der Waals surface area (Å²) in [5, 5.41) is 3.44. The Morgan fingerprint density at radius 1 is 1.00 bits per heavy atom. The van der Waals surface area contributed by atoms with Crippen molar-refractivity contribution in [3.05, 3.63) is 81.2 Å². The monoisotopic (exact) mass is 495 g/mol. The summed E-state index contributed by atoms with van der Waals surface area (Å²) in [6.07, 6.45) is 0.261. The lowest BCUT2D eigenvalue weighted by Crippen LogP contribution is -2.54. The fourth-order valence-electron chi connectivity index (χ4n) is 4.38. The molecule has 1 aliphatic rings. The highest BCUT2D eigenvalue weighted by Gasteiger charge is 2.29. The van der Waals surface area contributed by atoms with Gasteiger partial charge in [-0.15, -0.1) is 0 Å². The van der Waals surface area contributed by atoms with Gasteiger partial charge in [0.05, 0.1) is 23.8 Å². The predicted octanol–water partition coefficient (Wildman–Crippen LogP) is 2.85. The van der Waals surface area contributed by atoms with E-state index < -0.39 is 6.04 Å². The molecular formula is C26H30ClN5O3. The molecule has 35 heavy (non-hydrogen) atoms. The topological polar surface area (TPSA) is 79.6 Å². The molecule has 2 heterocycles. The highest BCUT2D eigenvalue weighted by atomic mass is 35.5. The van der Waals surface area contributed by atoms with E-state index in [1.165, 1.54) is 0 Å². The summed E-state index contributed by atoms with van der Waals surface area (Å²) in [5.41, 5.74) is 2.23. The first kappa shape index (κ1) is 24.8. The second-order valence-corrected chi connectivity index (χ2v) is 9.19. The number of amides is 2. The van der Waals surface area contributed by atoms with Gasteiger partial charge in [0.25, 0.3) is 5.56 Å². The number of benzene rings is 2. The summed E-state index contributed by atoms with van der Waals surface area (Å²) in [4.78, 5) is 42.7. The number of halogens is 1. The summed E-state index contributed by atoms with van der Waals surface area (Å²) in [6, 6.07) is 16.2. The van der Waals surface area contributed by atoms with Gasteiger partial charge in [-0.25, -0.2) is 4.68 Å². The summed E-state index contributed by atoms with van der Waals surface area (Å²) in [5.74, 6) is -0.219. The van der Waals surface area contributed by atoms with Crippen molar-refractivity contribution >= 4 is 29.1 Å². The van der Waals surface area contributed by atoms with E-state index in [0.29, 0.717) is 36.9 Å². The predicted molar refractivity (Wildman–Crippen MR) is 137 cm³/mol. The molecule has 2 aromatic carbocycles. The van der Waals surface area contributed by atoms with Crippen molar-refractivity contribution in [1.29, 1.82) is 0 Å². The van der Waals surface area contributed by atoms with Crippen LogP contribution in [0.15, 0.2) is 59.4 Å². The second kappa shape index (κ2) is 10.5. The number of carbonyl (C=O) groups excluding carboxylic acids is 2. The van der Waals surface area contributed by atoms with Crippen LogP contribution in [0.5, 0.6) is 0 Å². The van der Waals surface area contributed by atoms with Gasteiger partial charge in [-0.05, 0) is 37.6 Å². The lowest BCUT2D eigenvalue weighted by molar-refractivity contribution is -0.133. The number of hydrogen-bond acceptors (Lipinski definition) is 4. The minimum atomic E-state index is -0.444. The molecule has 1 unspecified atom stereocenters. The van der Waals surface area contributed by atoms with Gasteiger partial charge in [0.2, 0.25) is 11.8 Å². The maximum absolute atomic E-state index is 13.1. The SMILES string of the molecule is Cc1c(NC(=O)C(C)N2CCN(C(=O)Cc3ccccc3Cl)CC2)c(=O)n(-c2ccccc2)n1C. The molecule has 0 aliphatic carbocycles. The van der Waals surface area contributed by atoms with Crippen LogP contribution in [0.25, 0.3) is 5.69 Å². The number of para-hydroxylation sites is 1. The highest BCUT2D eigenvalue weighted by molar-refractivity contribution is 6.31. The van der Waals surface area contributed by atoms with Crippen molar-refractivity contribution in [2.75, 3.05) is 31.5 Å². The molecule has 1 saturated heterocycles. The summed E-state index contributed by atoms with van der Waals surface area (Å²) in [6.45, 7) is 5.85. The third kappa shape index (κ3) is 5.18. The Bertz CT molecular complexity index is 1280. The van der Waals surface area contributed by atoms with Crippen molar-refractivity contribution in [3.8, 4) is 5.69 Å². The number of piperazine rings is 1. The smallest absolute Gasteiger partial charge is 0.295 e. The van der Waals surface area contributed by atoms with E-state index in [9.17, 15) is 14.4 Å². The van der Waals surface area contributed by atoms with Gasteiger partial charge in [0.1, 0.15) is 5.69 Å². The normalized spacial score (nSPS) is 15.1. The number of carbonyl (C=O) groups is 2. The number of rotatable bonds is 6. The van der Waals surface area contributed by atoms with Crippen LogP contribution >= 0.6 is 11.6 Å². The third-order valence-electron chi connectivity index (χ3n) is 6.70. The van der Waals surface area contributed by atoms with Gasteiger partial charge < -0.3 is 10.2 Å². The van der Waals surface area contributed by atoms with Gasteiger partial charge in [-0.1, -0.05) is 48.0 Å². The molecule has 4 rings (SSSR count). The number of anilines is 1. The first-order chi connectivity index (χ1) is 16.8. The molecule has 0 bridgehead atoms. The lowest BCUT2D eigenvalue weighted by Gasteiger charge is -2.37. The Morgan fingerprint density at radius 2 is 1.63 bits per heavy atom. The van der Waals surface area contributed by atoms with Crippen LogP contribution in [0.2, 0.25) is 5.02 Å². The fraction of sp³-hybridized carbons (Fsp3) is 0.346. The van der Waals surface area contributed by atoms with Crippen LogP contribution in [0.4, 0.5) is 5.69 Å². The van der Waals surface area contributed by atoms with Crippen LogP contribution in [0, 0.1) is 6.92 Å². The zero-order valence-electron chi connectivity index (χ0n) is 20.2. The van der Waals surface area contributed by atoms with Crippen LogP contribution < -0.4 is 10.9 Å². The molecular weight excluding hydrogens is 466 g/mol. The quantitative estimate of drug-likeness (QED) is 0.570. The van der Waals surface area contributed by atoms with E-state index in [1.54, 1.807) is 22.5 Å². The lowest BCUT2D eigenvalue weighted by atomic mass is 10.1. The summed E-state index contributed by atoms with van der Waals surface area (Å²) < 4.78 is 3.28. The van der Waals surface area contributed by atoms with Gasteiger partial charge in [-0.2, -0.15) is 0 Å². The Hall–Kier alpha value is -3.36. The minimum Gasteiger partial charge on any atom is -0.340 e. The molecule has 9 heteroatoms. The van der Waals surface area contributed by atoms with Crippen molar-refractivity contribution < 1.29 is 9.59 Å². The molecule has 0 radical (unpaired) electrons. The molecule has 184 valence electrons. The Labute approximate surface area is 209 Å². The standard InChI is InChI=1S/C26H30ClN5O3/c1-18-24(26(35)32(29(18)3)21-10-5-4-6-11-21)28-25(34)19(2)30-13-15-31(16-14-30)23(33)17-20-9-7-8-12-22(20)27/h4-12,19H,13-17H2,1-3H3,(H,28,34). The Kier molecular flexibility index (Phi) is 7.42. The van der Waals surface area contributed by atoms with Crippen molar-refractivity contribution in [2.24, 2.45) is 7.05 Å². The molecule has 1 fully saturated rings. The first-order valence-corrected chi connectivity index (χ1v) is 12.1. The molecule has 1 aliphatic heterocycles. The van der Waals surface area contributed by atoms with Crippen molar-refractivity contribution in [3.63, 3.8) is 0 Å². The zero-order valence-corrected chi connectivity index (χ0v) is 21.0. The molecule has 0 saturated carbocycles. The van der Waals surface area contributed by atoms with E-state index in [-0.39, 0.29) is 29.5 Å². The molecule has 8 nitrogen and oxygen atoms in total. The number of nitrogens with one attached hydrogen (secondary N) is 1. The van der Waals surface area contributed by atoms with Crippen molar-refractivity contribution in [1.82, 2.24) is 19.2 Å². The number of nitrogens with zero attached hydrogens (tertiary/aromatic N) is 4. The summed E-state index contributed by atoms with van der Waals surface area (Å²) in [7, 11) is 1.79. The van der Waals surface area contributed by atoms with Gasteiger partial charge >= 0.3 is 0 Å². The average Bonchev–Trinajstić information content (AvgIpc) is 3.08. The maximum Gasteiger partial charge on any atom is 0.295 e. The van der Waals surface area contributed by atoms with Crippen LogP contribution in [-0.2, 0) is 23.1 Å². The number of aromatic nitrogens is 2. The molecule has 1 aromatic heterocycles. The van der Waals surface area contributed by atoms with Gasteiger partial charge in [0.15, 0.2) is 0 Å². The second-order valence-electron chi connectivity index (χ2n) is 8.79. The van der Waals surface area contributed by atoms with E-state index >= 15 is 0 Å². The summed E-state index contributed by atoms with van der Waals surface area (Å²) >= 11 is 6.19. The van der Waals surface area contributed by atoms with E-state index in [2.05, 4.69) is 5.32 Å². The van der Waals surface area contributed by atoms with E-state index in [4.69, 9.17) is 11.6 Å². The molecule has 3 aromatic rings. The van der Waals surface area contributed by atoms with E-state index in [0.717, 1.165) is 11.3 Å². The molecule has 1 atom stereocenters. The Morgan fingerprint density at radius 3 is 2.29 bits per heavy atom. The zero-order chi connectivity index (χ0) is 25.1. The minimum absolute atomic E-state index is 0.0243. The van der Waals surface area contributed by atoms with Crippen LogP contribution in [-0.4, -0.2) is 63.2 Å². The van der Waals surface area contributed by atoms with Crippen LogP contribution in [0.3, 0.4) is 0 Å². The first-order valence-electron chi connectivity index (χ1n) is 11.7. The van der Waals surface area contributed by atoms with Crippen LogP contribution in [0.1, 0.15) is 18.2 Å². The van der Waals surface area contributed by atoms with Gasteiger partial charge in [-0.3, -0.25) is 24.0 Å². The average molecular weight is 496 g/mol. The molecule has 0 spiro atoms. The maximum atomic E-state index is 13.1. The number of hydrogen-bond donors (Lipinski definition) is 1. The van der Waals surface area contributed by atoms with Crippen molar-refractivity contribution in [2.45, 2.75) is 26.3 Å². The molecule has 1 N–H and O–H groups in total. The van der Waals surface area contributed by atoms with Gasteiger partial charge in [0, 0.05) is 38.2 Å². The molecule has 2 amide bonds. The van der Waals surface area contributed by atoms with E-state index in [1.807, 2.05) is 72.2 Å². The Balaban J connectivity index is 1.38. The third-order valence-corrected chi connectivity index (χ3v) is 7.06. The largest absolute Gasteiger partial charge is 0.340 e. The highest BCUT2D eigenvalue weighted by Crippen LogP contribution is 2.18. The fourth-order valence-corrected chi connectivity index (χ4v) is 4.58.